The molecule has 0 radical (unpaired) electrons. The third kappa shape index (κ3) is 6.14. The Bertz CT molecular complexity index is 1230. The standard InChI is InChI=1S/C26H32N6OS/c1-4-6-14-32(5-2)16-19-8-7-9-20(15-19)17-33-26-28-13-12-21(31-26)23(27)25-30-22-11-10-18(3)29-24(22)34-25/h7-13,15,23H,4-6,14,16-17,27H2,1-3H3. The van der Waals surface area contributed by atoms with Crippen LogP contribution in [0.15, 0.2) is 48.7 Å². The predicted octanol–water partition coefficient (Wildman–Crippen LogP) is 5.04. The number of ether oxygens (including phenoxy) is 1. The molecule has 34 heavy (non-hydrogen) atoms. The highest BCUT2D eigenvalue weighted by atomic mass is 32.1. The van der Waals surface area contributed by atoms with Crippen LogP contribution in [0.2, 0.25) is 0 Å². The first-order valence-corrected chi connectivity index (χ1v) is 12.6. The van der Waals surface area contributed by atoms with Crippen molar-refractivity contribution in [2.75, 3.05) is 13.1 Å². The molecule has 7 nitrogen and oxygen atoms in total. The summed E-state index contributed by atoms with van der Waals surface area (Å²) in [5, 5.41) is 0.772. The van der Waals surface area contributed by atoms with Gasteiger partial charge in [-0.3, -0.25) is 4.90 Å². The number of hydrogen-bond donors (Lipinski definition) is 1. The van der Waals surface area contributed by atoms with Crippen molar-refractivity contribution in [2.24, 2.45) is 5.73 Å². The summed E-state index contributed by atoms with van der Waals surface area (Å²) in [6, 6.07) is 14.1. The Kier molecular flexibility index (Phi) is 8.16. The van der Waals surface area contributed by atoms with Gasteiger partial charge in [0.05, 0.1) is 5.69 Å². The maximum absolute atomic E-state index is 6.48. The van der Waals surface area contributed by atoms with Gasteiger partial charge in [-0.25, -0.2) is 15.0 Å². The van der Waals surface area contributed by atoms with E-state index >= 15 is 0 Å². The molecule has 0 aliphatic heterocycles. The number of aryl methyl sites for hydroxylation is 1. The number of nitrogens with zero attached hydrogens (tertiary/aromatic N) is 5. The van der Waals surface area contributed by atoms with Gasteiger partial charge in [-0.2, -0.15) is 4.98 Å². The van der Waals surface area contributed by atoms with Crippen LogP contribution in [0.1, 0.15) is 60.3 Å². The Labute approximate surface area is 205 Å². The van der Waals surface area contributed by atoms with Crippen LogP contribution in [0.4, 0.5) is 0 Å². The highest BCUT2D eigenvalue weighted by Gasteiger charge is 2.17. The van der Waals surface area contributed by atoms with Crippen molar-refractivity contribution < 1.29 is 4.74 Å². The highest BCUT2D eigenvalue weighted by molar-refractivity contribution is 7.18. The van der Waals surface area contributed by atoms with Gasteiger partial charge in [0.15, 0.2) is 0 Å². The molecule has 0 aliphatic rings. The van der Waals surface area contributed by atoms with Gasteiger partial charge in [-0.15, -0.1) is 0 Å². The van der Waals surface area contributed by atoms with Crippen molar-refractivity contribution in [3.05, 3.63) is 76.2 Å². The van der Waals surface area contributed by atoms with Gasteiger partial charge >= 0.3 is 6.01 Å². The topological polar surface area (TPSA) is 90.0 Å². The van der Waals surface area contributed by atoms with E-state index in [1.807, 2.05) is 19.1 Å². The minimum absolute atomic E-state index is 0.312. The third-order valence-corrected chi connectivity index (χ3v) is 6.74. The number of unbranched alkanes of at least 4 members (excludes halogenated alkanes) is 1. The zero-order valence-corrected chi connectivity index (χ0v) is 20.9. The van der Waals surface area contributed by atoms with Crippen molar-refractivity contribution in [1.82, 2.24) is 24.8 Å². The van der Waals surface area contributed by atoms with E-state index in [0.717, 1.165) is 46.2 Å². The molecule has 8 heteroatoms. The van der Waals surface area contributed by atoms with Crippen LogP contribution < -0.4 is 10.5 Å². The Morgan fingerprint density at radius 2 is 1.91 bits per heavy atom. The van der Waals surface area contributed by atoms with E-state index in [4.69, 9.17) is 10.5 Å². The number of rotatable bonds is 11. The average Bonchev–Trinajstić information content (AvgIpc) is 3.28. The summed E-state index contributed by atoms with van der Waals surface area (Å²) in [6.45, 7) is 9.93. The molecule has 3 aromatic heterocycles. The Hall–Kier alpha value is -2.94. The lowest BCUT2D eigenvalue weighted by molar-refractivity contribution is 0.272. The molecular formula is C26H32N6OS. The number of hydrogen-bond acceptors (Lipinski definition) is 8. The number of aromatic nitrogens is 4. The molecule has 0 amide bonds. The third-order valence-electron chi connectivity index (χ3n) is 5.69. The molecule has 0 spiro atoms. The lowest BCUT2D eigenvalue weighted by atomic mass is 10.1. The first-order chi connectivity index (χ1) is 16.6. The number of benzene rings is 1. The number of fused-ring (bicyclic) bond motifs is 1. The van der Waals surface area contributed by atoms with Gasteiger partial charge in [0.1, 0.15) is 28.0 Å². The summed E-state index contributed by atoms with van der Waals surface area (Å²) < 4.78 is 5.92. The molecule has 1 unspecified atom stereocenters. The second-order valence-electron chi connectivity index (χ2n) is 8.40. The van der Waals surface area contributed by atoms with Crippen LogP contribution in [-0.4, -0.2) is 37.9 Å². The average molecular weight is 477 g/mol. The molecule has 0 saturated heterocycles. The van der Waals surface area contributed by atoms with Gasteiger partial charge < -0.3 is 10.5 Å². The van der Waals surface area contributed by atoms with Gasteiger partial charge in [-0.05, 0) is 55.8 Å². The lowest BCUT2D eigenvalue weighted by Crippen LogP contribution is -2.24. The molecular weight excluding hydrogens is 444 g/mol. The maximum Gasteiger partial charge on any atom is 0.316 e. The summed E-state index contributed by atoms with van der Waals surface area (Å²) in [5.41, 5.74) is 11.3. The van der Waals surface area contributed by atoms with Crippen LogP contribution in [0, 0.1) is 6.92 Å². The first kappa shape index (κ1) is 24.2. The van der Waals surface area contributed by atoms with E-state index in [2.05, 4.69) is 62.9 Å². The summed E-state index contributed by atoms with van der Waals surface area (Å²) in [4.78, 5) is 21.4. The fraction of sp³-hybridized carbons (Fsp3) is 0.385. The van der Waals surface area contributed by atoms with Gasteiger partial charge in [0, 0.05) is 18.4 Å². The van der Waals surface area contributed by atoms with Crippen LogP contribution in [0.3, 0.4) is 0 Å². The second-order valence-corrected chi connectivity index (χ2v) is 9.41. The fourth-order valence-corrected chi connectivity index (χ4v) is 4.73. The van der Waals surface area contributed by atoms with Crippen LogP contribution >= 0.6 is 11.3 Å². The lowest BCUT2D eigenvalue weighted by Gasteiger charge is -2.20. The first-order valence-electron chi connectivity index (χ1n) is 11.8. The molecule has 0 saturated carbocycles. The second kappa shape index (κ2) is 11.5. The molecule has 0 aliphatic carbocycles. The SMILES string of the molecule is CCCCN(CC)Cc1cccc(COc2nccc(C(N)c3nc4ccc(C)nc4s3)n2)c1. The van der Waals surface area contributed by atoms with Crippen molar-refractivity contribution in [3.63, 3.8) is 0 Å². The Morgan fingerprint density at radius 1 is 1.06 bits per heavy atom. The molecule has 1 atom stereocenters. The van der Waals surface area contributed by atoms with Crippen molar-refractivity contribution >= 4 is 21.7 Å². The zero-order valence-electron chi connectivity index (χ0n) is 20.1. The molecule has 4 aromatic rings. The summed E-state index contributed by atoms with van der Waals surface area (Å²) in [7, 11) is 0. The molecule has 1 aromatic carbocycles. The quantitative estimate of drug-likeness (QED) is 0.324. The smallest absolute Gasteiger partial charge is 0.316 e. The molecule has 3 heterocycles. The number of thiazole rings is 1. The van der Waals surface area contributed by atoms with E-state index in [-0.39, 0.29) is 0 Å². The molecule has 4 rings (SSSR count). The number of nitrogens with two attached hydrogens (primary N) is 1. The van der Waals surface area contributed by atoms with Crippen molar-refractivity contribution in [1.29, 1.82) is 0 Å². The van der Waals surface area contributed by atoms with Crippen molar-refractivity contribution in [2.45, 2.75) is 52.8 Å². The van der Waals surface area contributed by atoms with Gasteiger partial charge in [0.2, 0.25) is 0 Å². The molecule has 2 N–H and O–H groups in total. The Morgan fingerprint density at radius 3 is 2.74 bits per heavy atom. The highest BCUT2D eigenvalue weighted by Crippen LogP contribution is 2.27. The Balaban J connectivity index is 1.41. The molecule has 0 bridgehead atoms. The van der Waals surface area contributed by atoms with E-state index < -0.39 is 6.04 Å². The van der Waals surface area contributed by atoms with E-state index in [1.54, 1.807) is 12.3 Å². The maximum atomic E-state index is 6.48. The van der Waals surface area contributed by atoms with E-state index in [1.165, 1.54) is 29.7 Å². The zero-order chi connectivity index (χ0) is 23.9. The molecule has 0 fully saturated rings. The largest absolute Gasteiger partial charge is 0.459 e. The molecule has 178 valence electrons. The van der Waals surface area contributed by atoms with Crippen LogP contribution in [-0.2, 0) is 13.2 Å². The minimum atomic E-state index is -0.462. The minimum Gasteiger partial charge on any atom is -0.459 e. The van der Waals surface area contributed by atoms with Crippen molar-refractivity contribution in [3.8, 4) is 6.01 Å². The van der Waals surface area contributed by atoms with E-state index in [9.17, 15) is 0 Å². The van der Waals surface area contributed by atoms with Crippen LogP contribution in [0.25, 0.3) is 10.3 Å². The van der Waals surface area contributed by atoms with Crippen LogP contribution in [0.5, 0.6) is 6.01 Å². The summed E-state index contributed by atoms with van der Waals surface area (Å²) >= 11 is 1.49. The van der Waals surface area contributed by atoms with E-state index in [0.29, 0.717) is 18.3 Å². The number of pyridine rings is 1. The normalized spacial score (nSPS) is 12.4. The fourth-order valence-electron chi connectivity index (χ4n) is 3.74. The summed E-state index contributed by atoms with van der Waals surface area (Å²) in [5.74, 6) is 0. The van der Waals surface area contributed by atoms with Gasteiger partial charge in [-0.1, -0.05) is 55.9 Å². The summed E-state index contributed by atoms with van der Waals surface area (Å²) in [6.07, 6.45) is 4.11. The monoisotopic (exact) mass is 476 g/mol. The van der Waals surface area contributed by atoms with Gasteiger partial charge in [0.25, 0.3) is 0 Å². The predicted molar refractivity (Wildman–Crippen MR) is 137 cm³/mol.